The molecule has 0 amide bonds. The van der Waals surface area contributed by atoms with Crippen LogP contribution in [0.4, 0.5) is 5.69 Å². The highest BCUT2D eigenvalue weighted by Gasteiger charge is 2.13. The van der Waals surface area contributed by atoms with E-state index in [1.54, 1.807) is 26.0 Å². The molecule has 3 rings (SSSR count). The highest BCUT2D eigenvalue weighted by atomic mass is 32.2. The van der Waals surface area contributed by atoms with Gasteiger partial charge in [-0.1, -0.05) is 17.8 Å². The predicted molar refractivity (Wildman–Crippen MR) is 86.5 cm³/mol. The van der Waals surface area contributed by atoms with Crippen molar-refractivity contribution in [3.63, 3.8) is 0 Å². The molecule has 3 nitrogen and oxygen atoms in total. The van der Waals surface area contributed by atoms with E-state index >= 15 is 0 Å². The summed E-state index contributed by atoms with van der Waals surface area (Å²) in [6.07, 6.45) is 3.66. The summed E-state index contributed by atoms with van der Waals surface area (Å²) in [4.78, 5) is 2.21. The summed E-state index contributed by atoms with van der Waals surface area (Å²) in [6.45, 7) is 0. The Morgan fingerprint density at radius 3 is 2.43 bits per heavy atom. The fourth-order valence-electron chi connectivity index (χ4n) is 2.70. The second-order valence-electron chi connectivity index (χ2n) is 5.13. The maximum Gasteiger partial charge on any atom is 0.162 e. The lowest BCUT2D eigenvalue weighted by atomic mass is 10.1. The fraction of sp³-hybridized carbons (Fsp3) is 0.294. The molecule has 0 unspecified atom stereocenters. The second-order valence-corrected chi connectivity index (χ2v) is 6.25. The number of anilines is 1. The molecule has 2 aromatic rings. The van der Waals surface area contributed by atoms with Crippen LogP contribution in [0.5, 0.6) is 11.5 Å². The van der Waals surface area contributed by atoms with Crippen LogP contribution in [0, 0.1) is 0 Å². The van der Waals surface area contributed by atoms with E-state index in [0.717, 1.165) is 4.90 Å². The van der Waals surface area contributed by atoms with Gasteiger partial charge in [-0.2, -0.15) is 0 Å². The van der Waals surface area contributed by atoms with Crippen LogP contribution in [0.3, 0.4) is 0 Å². The summed E-state index contributed by atoms with van der Waals surface area (Å²) in [5.41, 5.74) is 9.79. The van der Waals surface area contributed by atoms with Crippen molar-refractivity contribution in [2.75, 3.05) is 20.0 Å². The predicted octanol–water partition coefficient (Wildman–Crippen LogP) is 3.93. The van der Waals surface area contributed by atoms with E-state index in [4.69, 9.17) is 15.2 Å². The minimum Gasteiger partial charge on any atom is -0.493 e. The number of nitrogens with two attached hydrogens (primary N) is 1. The standard InChI is InChI=1S/C17H19NO2S/c1-19-15-9-14(18)17(10-16(15)20-2)21-13-7-6-11-4-3-5-12(11)8-13/h6-10H,3-5,18H2,1-2H3. The third kappa shape index (κ3) is 2.81. The number of ether oxygens (including phenoxy) is 2. The molecule has 0 fully saturated rings. The van der Waals surface area contributed by atoms with Gasteiger partial charge in [0.05, 0.1) is 14.2 Å². The molecule has 0 heterocycles. The van der Waals surface area contributed by atoms with E-state index in [1.807, 2.05) is 12.1 Å². The Morgan fingerprint density at radius 2 is 1.67 bits per heavy atom. The van der Waals surface area contributed by atoms with Crippen LogP contribution in [0.2, 0.25) is 0 Å². The van der Waals surface area contributed by atoms with Gasteiger partial charge in [-0.25, -0.2) is 0 Å². The SMILES string of the molecule is COc1cc(N)c(Sc2ccc3c(c2)CCC3)cc1OC. The molecule has 21 heavy (non-hydrogen) atoms. The van der Waals surface area contributed by atoms with Gasteiger partial charge in [0.15, 0.2) is 11.5 Å². The molecule has 4 heteroatoms. The Kier molecular flexibility index (Phi) is 3.97. The van der Waals surface area contributed by atoms with Gasteiger partial charge in [-0.15, -0.1) is 0 Å². The van der Waals surface area contributed by atoms with Crippen LogP contribution >= 0.6 is 11.8 Å². The zero-order valence-electron chi connectivity index (χ0n) is 12.3. The third-order valence-corrected chi connectivity index (χ3v) is 4.88. The van der Waals surface area contributed by atoms with Crippen LogP contribution in [0.25, 0.3) is 0 Å². The van der Waals surface area contributed by atoms with Crippen molar-refractivity contribution in [3.05, 3.63) is 41.5 Å². The summed E-state index contributed by atoms with van der Waals surface area (Å²) >= 11 is 1.67. The summed E-state index contributed by atoms with van der Waals surface area (Å²) in [5, 5.41) is 0. The number of methoxy groups -OCH3 is 2. The summed E-state index contributed by atoms with van der Waals surface area (Å²) in [5.74, 6) is 1.36. The lowest BCUT2D eigenvalue weighted by Crippen LogP contribution is -1.95. The van der Waals surface area contributed by atoms with Crippen LogP contribution in [-0.4, -0.2) is 14.2 Å². The monoisotopic (exact) mass is 301 g/mol. The van der Waals surface area contributed by atoms with Crippen molar-refractivity contribution in [3.8, 4) is 11.5 Å². The Labute approximate surface area is 129 Å². The van der Waals surface area contributed by atoms with Gasteiger partial charge in [-0.3, -0.25) is 0 Å². The topological polar surface area (TPSA) is 44.5 Å². The molecule has 0 spiro atoms. The first-order valence-electron chi connectivity index (χ1n) is 7.02. The van der Waals surface area contributed by atoms with Crippen molar-refractivity contribution in [2.45, 2.75) is 29.1 Å². The van der Waals surface area contributed by atoms with E-state index < -0.39 is 0 Å². The number of fused-ring (bicyclic) bond motifs is 1. The van der Waals surface area contributed by atoms with Crippen molar-refractivity contribution in [1.29, 1.82) is 0 Å². The quantitative estimate of drug-likeness (QED) is 0.869. The van der Waals surface area contributed by atoms with E-state index in [0.29, 0.717) is 17.2 Å². The summed E-state index contributed by atoms with van der Waals surface area (Å²) < 4.78 is 10.6. The molecule has 2 N–H and O–H groups in total. The number of hydrogen-bond acceptors (Lipinski definition) is 4. The van der Waals surface area contributed by atoms with Crippen LogP contribution in [-0.2, 0) is 12.8 Å². The lowest BCUT2D eigenvalue weighted by molar-refractivity contribution is 0.354. The Balaban J connectivity index is 1.91. The first kappa shape index (κ1) is 14.1. The molecular formula is C17H19NO2S. The van der Waals surface area contributed by atoms with Gasteiger partial charge >= 0.3 is 0 Å². The third-order valence-electron chi connectivity index (χ3n) is 3.81. The van der Waals surface area contributed by atoms with Crippen LogP contribution in [0.15, 0.2) is 40.1 Å². The summed E-state index contributed by atoms with van der Waals surface area (Å²) in [6, 6.07) is 10.4. The minimum atomic E-state index is 0.660. The van der Waals surface area contributed by atoms with Crippen LogP contribution in [0.1, 0.15) is 17.5 Å². The smallest absolute Gasteiger partial charge is 0.162 e. The fourth-order valence-corrected chi connectivity index (χ4v) is 3.64. The molecule has 0 saturated heterocycles. The van der Waals surface area contributed by atoms with Crippen molar-refractivity contribution < 1.29 is 9.47 Å². The van der Waals surface area contributed by atoms with E-state index in [9.17, 15) is 0 Å². The molecule has 1 aliphatic carbocycles. The lowest BCUT2D eigenvalue weighted by Gasteiger charge is -2.12. The largest absolute Gasteiger partial charge is 0.493 e. The first-order valence-corrected chi connectivity index (χ1v) is 7.84. The van der Waals surface area contributed by atoms with Gasteiger partial charge in [0.25, 0.3) is 0 Å². The molecular weight excluding hydrogens is 282 g/mol. The Hall–Kier alpha value is -1.81. The van der Waals surface area contributed by atoms with Gasteiger partial charge in [0, 0.05) is 21.5 Å². The number of nitrogen functional groups attached to an aromatic ring is 1. The molecule has 2 aromatic carbocycles. The minimum absolute atomic E-state index is 0.660. The molecule has 0 aromatic heterocycles. The average molecular weight is 301 g/mol. The van der Waals surface area contributed by atoms with E-state index in [1.165, 1.54) is 35.3 Å². The molecule has 1 aliphatic rings. The van der Waals surface area contributed by atoms with Gasteiger partial charge < -0.3 is 15.2 Å². The van der Waals surface area contributed by atoms with Crippen LogP contribution < -0.4 is 15.2 Å². The van der Waals surface area contributed by atoms with Gasteiger partial charge in [0.2, 0.25) is 0 Å². The molecule has 0 bridgehead atoms. The number of hydrogen-bond donors (Lipinski definition) is 1. The molecule has 0 saturated carbocycles. The number of rotatable bonds is 4. The van der Waals surface area contributed by atoms with Crippen molar-refractivity contribution in [2.24, 2.45) is 0 Å². The van der Waals surface area contributed by atoms with Crippen molar-refractivity contribution in [1.82, 2.24) is 0 Å². The van der Waals surface area contributed by atoms with Gasteiger partial charge in [0.1, 0.15) is 0 Å². The summed E-state index contributed by atoms with van der Waals surface area (Å²) in [7, 11) is 3.25. The zero-order chi connectivity index (χ0) is 14.8. The molecule has 0 radical (unpaired) electrons. The maximum absolute atomic E-state index is 6.12. The molecule has 110 valence electrons. The zero-order valence-corrected chi connectivity index (χ0v) is 13.1. The maximum atomic E-state index is 6.12. The highest BCUT2D eigenvalue weighted by molar-refractivity contribution is 7.99. The van der Waals surface area contributed by atoms with Crippen molar-refractivity contribution >= 4 is 17.4 Å². The first-order chi connectivity index (χ1) is 10.2. The molecule has 0 atom stereocenters. The number of aryl methyl sites for hydroxylation is 2. The van der Waals surface area contributed by atoms with E-state index in [2.05, 4.69) is 18.2 Å². The average Bonchev–Trinajstić information content (AvgIpc) is 2.96. The van der Waals surface area contributed by atoms with E-state index in [-0.39, 0.29) is 0 Å². The second kappa shape index (κ2) is 5.90. The molecule has 0 aliphatic heterocycles. The Bertz CT molecular complexity index is 670. The normalized spacial score (nSPS) is 13.0. The Morgan fingerprint density at radius 1 is 0.952 bits per heavy atom. The number of benzene rings is 2. The highest BCUT2D eigenvalue weighted by Crippen LogP contribution is 2.40. The van der Waals surface area contributed by atoms with Gasteiger partial charge in [-0.05, 0) is 48.6 Å².